The molecular weight excluding hydrogens is 314 g/mol. The fraction of sp³-hybridized carbons (Fsp3) is 0.0952. The molecule has 1 N–H and O–H groups in total. The van der Waals surface area contributed by atoms with Crippen LogP contribution in [0, 0.1) is 13.8 Å². The van der Waals surface area contributed by atoms with Crippen molar-refractivity contribution in [2.45, 2.75) is 23.6 Å². The molecule has 0 saturated carbocycles. The van der Waals surface area contributed by atoms with E-state index in [0.29, 0.717) is 0 Å². The van der Waals surface area contributed by atoms with E-state index < -0.39 is 0 Å². The van der Waals surface area contributed by atoms with Crippen LogP contribution in [0.4, 0.5) is 5.69 Å². The molecule has 0 radical (unpaired) electrons. The van der Waals surface area contributed by atoms with Crippen molar-refractivity contribution in [3.8, 4) is 0 Å². The van der Waals surface area contributed by atoms with E-state index >= 15 is 0 Å². The second-order valence-corrected chi connectivity index (χ2v) is 6.80. The van der Waals surface area contributed by atoms with Crippen LogP contribution in [-0.4, -0.2) is 5.91 Å². The van der Waals surface area contributed by atoms with Crippen LogP contribution in [0.15, 0.2) is 82.6 Å². The molecule has 0 fully saturated rings. The van der Waals surface area contributed by atoms with Crippen LogP contribution in [0.5, 0.6) is 0 Å². The molecule has 0 atom stereocenters. The summed E-state index contributed by atoms with van der Waals surface area (Å²) in [5.74, 6) is -0.0719. The predicted molar refractivity (Wildman–Crippen MR) is 101 cm³/mol. The highest BCUT2D eigenvalue weighted by Gasteiger charge is 2.12. The molecule has 0 aromatic heterocycles. The van der Waals surface area contributed by atoms with E-state index in [1.54, 1.807) is 11.8 Å². The third kappa shape index (κ3) is 3.87. The topological polar surface area (TPSA) is 29.1 Å². The Hall–Kier alpha value is -2.52. The lowest BCUT2D eigenvalue weighted by molar-refractivity contribution is 0.102. The van der Waals surface area contributed by atoms with Gasteiger partial charge in [-0.2, -0.15) is 0 Å². The molecule has 3 aromatic carbocycles. The maximum atomic E-state index is 12.7. The van der Waals surface area contributed by atoms with E-state index in [9.17, 15) is 4.79 Å². The van der Waals surface area contributed by atoms with Gasteiger partial charge in [-0.05, 0) is 49.7 Å². The summed E-state index contributed by atoms with van der Waals surface area (Å²) in [6.07, 6.45) is 0. The van der Waals surface area contributed by atoms with Gasteiger partial charge in [0.25, 0.3) is 5.91 Å². The lowest BCUT2D eigenvalue weighted by Gasteiger charge is -2.12. The van der Waals surface area contributed by atoms with Gasteiger partial charge in [0.1, 0.15) is 0 Å². The van der Waals surface area contributed by atoms with Crippen molar-refractivity contribution in [2.24, 2.45) is 0 Å². The minimum Gasteiger partial charge on any atom is -0.321 e. The van der Waals surface area contributed by atoms with Crippen molar-refractivity contribution in [2.75, 3.05) is 5.32 Å². The van der Waals surface area contributed by atoms with Crippen LogP contribution in [-0.2, 0) is 0 Å². The molecule has 120 valence electrons. The molecule has 24 heavy (non-hydrogen) atoms. The number of hydrogen-bond donors (Lipinski definition) is 1. The molecule has 0 heterocycles. The molecule has 3 aromatic rings. The van der Waals surface area contributed by atoms with Crippen LogP contribution in [0.1, 0.15) is 21.5 Å². The third-order valence-corrected chi connectivity index (χ3v) is 4.83. The molecule has 0 aliphatic rings. The highest BCUT2D eigenvalue weighted by atomic mass is 32.2. The van der Waals surface area contributed by atoms with Crippen molar-refractivity contribution < 1.29 is 4.79 Å². The van der Waals surface area contributed by atoms with Crippen LogP contribution >= 0.6 is 11.8 Å². The van der Waals surface area contributed by atoms with Gasteiger partial charge in [0.05, 0.1) is 5.69 Å². The summed E-state index contributed by atoms with van der Waals surface area (Å²) in [6, 6.07) is 24.0. The van der Waals surface area contributed by atoms with Crippen LogP contribution in [0.2, 0.25) is 0 Å². The smallest absolute Gasteiger partial charge is 0.255 e. The predicted octanol–water partition coefficient (Wildman–Crippen LogP) is 5.71. The Morgan fingerprint density at radius 2 is 1.58 bits per heavy atom. The van der Waals surface area contributed by atoms with Gasteiger partial charge in [0.15, 0.2) is 0 Å². The summed E-state index contributed by atoms with van der Waals surface area (Å²) in [7, 11) is 0. The monoisotopic (exact) mass is 333 g/mol. The summed E-state index contributed by atoms with van der Waals surface area (Å²) in [6.45, 7) is 3.95. The second-order valence-electron chi connectivity index (χ2n) is 5.68. The SMILES string of the molecule is Cc1ccc(C)c(C(=O)Nc2ccccc2Sc2ccccc2)c1. The minimum atomic E-state index is -0.0719. The van der Waals surface area contributed by atoms with Gasteiger partial charge in [-0.25, -0.2) is 0 Å². The number of carbonyl (C=O) groups excluding carboxylic acids is 1. The number of amides is 1. The standard InChI is InChI=1S/C21H19NOS/c1-15-12-13-16(2)18(14-15)21(23)22-19-10-6-7-11-20(19)24-17-8-4-3-5-9-17/h3-14H,1-2H3,(H,22,23). The molecule has 0 bridgehead atoms. The average Bonchev–Trinajstić information content (AvgIpc) is 2.59. The summed E-state index contributed by atoms with van der Waals surface area (Å²) in [4.78, 5) is 14.8. The normalized spacial score (nSPS) is 10.4. The number of benzene rings is 3. The van der Waals surface area contributed by atoms with Gasteiger partial charge in [-0.1, -0.05) is 59.8 Å². The van der Waals surface area contributed by atoms with Crippen molar-refractivity contribution in [1.29, 1.82) is 0 Å². The number of aryl methyl sites for hydroxylation is 2. The third-order valence-electron chi connectivity index (χ3n) is 3.74. The maximum absolute atomic E-state index is 12.7. The minimum absolute atomic E-state index is 0.0719. The molecule has 3 rings (SSSR count). The number of hydrogen-bond acceptors (Lipinski definition) is 2. The highest BCUT2D eigenvalue weighted by Crippen LogP contribution is 2.33. The summed E-state index contributed by atoms with van der Waals surface area (Å²) in [5, 5.41) is 3.06. The quantitative estimate of drug-likeness (QED) is 0.663. The molecular formula is C21H19NOS. The number of anilines is 1. The van der Waals surface area contributed by atoms with E-state index in [1.165, 1.54) is 0 Å². The van der Waals surface area contributed by atoms with Gasteiger partial charge in [-0.15, -0.1) is 0 Å². The fourth-order valence-corrected chi connectivity index (χ4v) is 3.37. The summed E-state index contributed by atoms with van der Waals surface area (Å²) in [5.41, 5.74) is 3.61. The zero-order valence-electron chi connectivity index (χ0n) is 13.7. The lowest BCUT2D eigenvalue weighted by Crippen LogP contribution is -2.14. The van der Waals surface area contributed by atoms with Crippen LogP contribution < -0.4 is 5.32 Å². The van der Waals surface area contributed by atoms with E-state index in [1.807, 2.05) is 74.5 Å². The Labute approximate surface area is 146 Å². The molecule has 0 spiro atoms. The maximum Gasteiger partial charge on any atom is 0.255 e. The highest BCUT2D eigenvalue weighted by molar-refractivity contribution is 7.99. The number of nitrogens with one attached hydrogen (secondary N) is 1. The Balaban J connectivity index is 1.85. The molecule has 0 aliphatic heterocycles. The van der Waals surface area contributed by atoms with Gasteiger partial charge in [-0.3, -0.25) is 4.79 Å². The van der Waals surface area contributed by atoms with Crippen molar-refractivity contribution in [3.63, 3.8) is 0 Å². The van der Waals surface area contributed by atoms with Crippen molar-refractivity contribution in [3.05, 3.63) is 89.5 Å². The fourth-order valence-electron chi connectivity index (χ4n) is 2.44. The van der Waals surface area contributed by atoms with Crippen LogP contribution in [0.25, 0.3) is 0 Å². The van der Waals surface area contributed by atoms with Crippen LogP contribution in [0.3, 0.4) is 0 Å². The average molecular weight is 333 g/mol. The van der Waals surface area contributed by atoms with Gasteiger partial charge >= 0.3 is 0 Å². The van der Waals surface area contributed by atoms with E-state index in [0.717, 1.165) is 32.2 Å². The Morgan fingerprint density at radius 3 is 2.38 bits per heavy atom. The lowest BCUT2D eigenvalue weighted by atomic mass is 10.1. The summed E-state index contributed by atoms with van der Waals surface area (Å²) < 4.78 is 0. The first-order valence-corrected chi connectivity index (χ1v) is 8.65. The van der Waals surface area contributed by atoms with Gasteiger partial charge < -0.3 is 5.32 Å². The Kier molecular flexibility index (Phi) is 5.02. The Morgan fingerprint density at radius 1 is 0.875 bits per heavy atom. The first-order valence-electron chi connectivity index (χ1n) is 7.84. The zero-order chi connectivity index (χ0) is 16.9. The second kappa shape index (κ2) is 7.37. The Bertz CT molecular complexity index is 859. The van der Waals surface area contributed by atoms with Gasteiger partial charge in [0.2, 0.25) is 0 Å². The zero-order valence-corrected chi connectivity index (χ0v) is 14.6. The first-order chi connectivity index (χ1) is 11.6. The largest absolute Gasteiger partial charge is 0.321 e. The molecule has 0 unspecified atom stereocenters. The van der Waals surface area contributed by atoms with Crippen molar-refractivity contribution >= 4 is 23.4 Å². The van der Waals surface area contributed by atoms with Gasteiger partial charge in [0, 0.05) is 15.4 Å². The van der Waals surface area contributed by atoms with E-state index in [4.69, 9.17) is 0 Å². The van der Waals surface area contributed by atoms with Crippen molar-refractivity contribution in [1.82, 2.24) is 0 Å². The number of rotatable bonds is 4. The molecule has 0 saturated heterocycles. The number of carbonyl (C=O) groups is 1. The first kappa shape index (κ1) is 16.3. The number of para-hydroxylation sites is 1. The molecule has 2 nitrogen and oxygen atoms in total. The molecule has 0 aliphatic carbocycles. The van der Waals surface area contributed by atoms with E-state index in [-0.39, 0.29) is 5.91 Å². The molecule has 1 amide bonds. The van der Waals surface area contributed by atoms with E-state index in [2.05, 4.69) is 17.4 Å². The molecule has 3 heteroatoms. The summed E-state index contributed by atoms with van der Waals surface area (Å²) >= 11 is 1.64.